The summed E-state index contributed by atoms with van der Waals surface area (Å²) in [6.07, 6.45) is 5.20. The Morgan fingerprint density at radius 1 is 1.42 bits per heavy atom. The number of hydrogen-bond acceptors (Lipinski definition) is 4. The quantitative estimate of drug-likeness (QED) is 0.528. The van der Waals surface area contributed by atoms with Crippen molar-refractivity contribution < 1.29 is 0 Å². The van der Waals surface area contributed by atoms with Crippen LogP contribution in [0.3, 0.4) is 0 Å². The first kappa shape index (κ1) is 8.47. The Balaban J connectivity index is 2.80. The standard InChI is InChI=1S/C8H10N4/c1-6(2)7-3-10-8(11-4-7)12-5-9/h3-4,6H,1-2H3,(H,10,11,12). The molecule has 0 saturated carbocycles. The third-order valence-electron chi connectivity index (χ3n) is 1.51. The number of anilines is 1. The summed E-state index contributed by atoms with van der Waals surface area (Å²) in [5, 5.41) is 10.6. The fourth-order valence-electron chi connectivity index (χ4n) is 0.751. The first-order valence-corrected chi connectivity index (χ1v) is 3.71. The SMILES string of the molecule is CC(C)c1cnc(NC#N)nc1. The molecule has 0 aromatic carbocycles. The average molecular weight is 162 g/mol. The lowest BCUT2D eigenvalue weighted by Gasteiger charge is -2.02. The molecule has 1 aromatic heterocycles. The van der Waals surface area contributed by atoms with E-state index in [-0.39, 0.29) is 0 Å². The zero-order valence-corrected chi connectivity index (χ0v) is 7.07. The van der Waals surface area contributed by atoms with Crippen molar-refractivity contribution >= 4 is 5.95 Å². The smallest absolute Gasteiger partial charge is 0.236 e. The Kier molecular flexibility index (Phi) is 2.59. The fourth-order valence-corrected chi connectivity index (χ4v) is 0.751. The number of nitrogens with one attached hydrogen (secondary N) is 1. The molecule has 0 aliphatic carbocycles. The molecule has 12 heavy (non-hydrogen) atoms. The fraction of sp³-hybridized carbons (Fsp3) is 0.375. The molecule has 4 heteroatoms. The van der Waals surface area contributed by atoms with E-state index >= 15 is 0 Å². The summed E-state index contributed by atoms with van der Waals surface area (Å²) in [6, 6.07) is 0. The lowest BCUT2D eigenvalue weighted by Crippen LogP contribution is -1.97. The molecule has 0 fully saturated rings. The van der Waals surface area contributed by atoms with E-state index in [4.69, 9.17) is 5.26 Å². The molecule has 62 valence electrons. The van der Waals surface area contributed by atoms with Crippen LogP contribution in [0.1, 0.15) is 25.3 Å². The van der Waals surface area contributed by atoms with Crippen LogP contribution in [0.5, 0.6) is 0 Å². The van der Waals surface area contributed by atoms with E-state index in [2.05, 4.69) is 29.1 Å². The lowest BCUT2D eigenvalue weighted by atomic mass is 10.1. The van der Waals surface area contributed by atoms with Gasteiger partial charge in [-0.2, -0.15) is 5.26 Å². The third-order valence-corrected chi connectivity index (χ3v) is 1.51. The predicted molar refractivity (Wildman–Crippen MR) is 45.4 cm³/mol. The van der Waals surface area contributed by atoms with Crippen LogP contribution in [0.25, 0.3) is 0 Å². The highest BCUT2D eigenvalue weighted by molar-refractivity contribution is 5.30. The number of nitriles is 1. The third kappa shape index (κ3) is 1.92. The Labute approximate surface area is 71.3 Å². The summed E-state index contributed by atoms with van der Waals surface area (Å²) in [7, 11) is 0. The highest BCUT2D eigenvalue weighted by Crippen LogP contribution is 2.11. The maximum absolute atomic E-state index is 8.26. The summed E-state index contributed by atoms with van der Waals surface area (Å²) in [4.78, 5) is 7.89. The van der Waals surface area contributed by atoms with Gasteiger partial charge in [-0.3, -0.25) is 5.32 Å². The Hall–Kier alpha value is -1.63. The van der Waals surface area contributed by atoms with Gasteiger partial charge in [-0.15, -0.1) is 0 Å². The zero-order chi connectivity index (χ0) is 8.97. The summed E-state index contributed by atoms with van der Waals surface area (Å²) in [5.74, 6) is 0.767. The van der Waals surface area contributed by atoms with Crippen molar-refractivity contribution in [2.75, 3.05) is 5.32 Å². The molecule has 1 aromatic rings. The van der Waals surface area contributed by atoms with E-state index in [0.29, 0.717) is 11.9 Å². The van der Waals surface area contributed by atoms with E-state index < -0.39 is 0 Å². The van der Waals surface area contributed by atoms with Gasteiger partial charge in [0.05, 0.1) is 0 Å². The van der Waals surface area contributed by atoms with Crippen molar-refractivity contribution in [3.8, 4) is 6.19 Å². The molecule has 1 N–H and O–H groups in total. The minimum absolute atomic E-state index is 0.349. The van der Waals surface area contributed by atoms with Crippen LogP contribution in [0.4, 0.5) is 5.95 Å². The molecule has 1 rings (SSSR count). The van der Waals surface area contributed by atoms with E-state index in [9.17, 15) is 0 Å². The van der Waals surface area contributed by atoms with Gasteiger partial charge >= 0.3 is 0 Å². The zero-order valence-electron chi connectivity index (χ0n) is 7.07. The normalized spacial score (nSPS) is 9.50. The summed E-state index contributed by atoms with van der Waals surface area (Å²) >= 11 is 0. The van der Waals surface area contributed by atoms with Gasteiger partial charge in [-0.25, -0.2) is 9.97 Å². The van der Waals surface area contributed by atoms with Crippen LogP contribution in [-0.4, -0.2) is 9.97 Å². The van der Waals surface area contributed by atoms with Gasteiger partial charge in [0.15, 0.2) is 6.19 Å². The average Bonchev–Trinajstić information content (AvgIpc) is 2.06. The summed E-state index contributed by atoms with van der Waals surface area (Å²) < 4.78 is 0. The van der Waals surface area contributed by atoms with Gasteiger partial charge in [0.2, 0.25) is 5.95 Å². The Morgan fingerprint density at radius 3 is 2.42 bits per heavy atom. The summed E-state index contributed by atoms with van der Waals surface area (Å²) in [5.41, 5.74) is 1.07. The second-order valence-electron chi connectivity index (χ2n) is 2.73. The van der Waals surface area contributed by atoms with Crippen LogP contribution < -0.4 is 5.32 Å². The van der Waals surface area contributed by atoms with Crippen LogP contribution in [0.15, 0.2) is 12.4 Å². The minimum atomic E-state index is 0.349. The number of hydrogen-bond donors (Lipinski definition) is 1. The Morgan fingerprint density at radius 2 is 2.00 bits per heavy atom. The van der Waals surface area contributed by atoms with Crippen LogP contribution in [-0.2, 0) is 0 Å². The van der Waals surface area contributed by atoms with Gasteiger partial charge in [0.25, 0.3) is 0 Å². The minimum Gasteiger partial charge on any atom is -0.261 e. The van der Waals surface area contributed by atoms with Crippen LogP contribution in [0.2, 0.25) is 0 Å². The molecule has 0 aliphatic rings. The topological polar surface area (TPSA) is 61.6 Å². The molecule has 0 unspecified atom stereocenters. The molecule has 0 saturated heterocycles. The van der Waals surface area contributed by atoms with Crippen molar-refractivity contribution in [1.82, 2.24) is 9.97 Å². The second kappa shape index (κ2) is 3.67. The van der Waals surface area contributed by atoms with Gasteiger partial charge < -0.3 is 0 Å². The van der Waals surface area contributed by atoms with E-state index in [1.807, 2.05) is 0 Å². The van der Waals surface area contributed by atoms with Crippen molar-refractivity contribution in [2.45, 2.75) is 19.8 Å². The molecule has 0 amide bonds. The first-order chi connectivity index (χ1) is 5.74. The Bertz CT molecular complexity index is 283. The van der Waals surface area contributed by atoms with Crippen molar-refractivity contribution in [2.24, 2.45) is 0 Å². The molecule has 0 atom stereocenters. The number of aromatic nitrogens is 2. The highest BCUT2D eigenvalue weighted by atomic mass is 15.1. The summed E-state index contributed by atoms with van der Waals surface area (Å²) in [6.45, 7) is 4.13. The van der Waals surface area contributed by atoms with Crippen molar-refractivity contribution in [3.63, 3.8) is 0 Å². The number of nitrogens with zero attached hydrogens (tertiary/aromatic N) is 3. The molecule has 0 radical (unpaired) electrons. The van der Waals surface area contributed by atoms with Crippen LogP contribution in [0, 0.1) is 11.5 Å². The second-order valence-corrected chi connectivity index (χ2v) is 2.73. The van der Waals surface area contributed by atoms with Crippen LogP contribution >= 0.6 is 0 Å². The molecule has 0 aliphatic heterocycles. The molecule has 4 nitrogen and oxygen atoms in total. The van der Waals surface area contributed by atoms with Crippen molar-refractivity contribution in [1.29, 1.82) is 5.26 Å². The van der Waals surface area contributed by atoms with Gasteiger partial charge in [-0.1, -0.05) is 13.8 Å². The van der Waals surface area contributed by atoms with Gasteiger partial charge in [0.1, 0.15) is 0 Å². The molecule has 0 bridgehead atoms. The van der Waals surface area contributed by atoms with E-state index in [1.54, 1.807) is 18.6 Å². The first-order valence-electron chi connectivity index (χ1n) is 3.71. The lowest BCUT2D eigenvalue weighted by molar-refractivity contribution is 0.847. The molecular formula is C8H10N4. The van der Waals surface area contributed by atoms with Gasteiger partial charge in [0, 0.05) is 12.4 Å². The van der Waals surface area contributed by atoms with Crippen molar-refractivity contribution in [3.05, 3.63) is 18.0 Å². The molecular weight excluding hydrogens is 152 g/mol. The van der Waals surface area contributed by atoms with E-state index in [1.165, 1.54) is 0 Å². The highest BCUT2D eigenvalue weighted by Gasteiger charge is 1.99. The maximum atomic E-state index is 8.26. The monoisotopic (exact) mass is 162 g/mol. The molecule has 0 spiro atoms. The largest absolute Gasteiger partial charge is 0.261 e. The predicted octanol–water partition coefficient (Wildman–Crippen LogP) is 1.49. The van der Waals surface area contributed by atoms with Gasteiger partial charge in [-0.05, 0) is 11.5 Å². The maximum Gasteiger partial charge on any atom is 0.236 e. The van der Waals surface area contributed by atoms with E-state index in [0.717, 1.165) is 5.56 Å². The number of rotatable bonds is 2. The molecule has 1 heterocycles.